The molecule has 2 bridgehead atoms. The summed E-state index contributed by atoms with van der Waals surface area (Å²) < 4.78 is 5.13. The number of aromatic hydroxyl groups is 1. The summed E-state index contributed by atoms with van der Waals surface area (Å²) in [5, 5.41) is 14.7. The van der Waals surface area contributed by atoms with Crippen LogP contribution in [0, 0.1) is 17.8 Å². The summed E-state index contributed by atoms with van der Waals surface area (Å²) in [4.78, 5) is 24.5. The van der Waals surface area contributed by atoms with Crippen LogP contribution in [0.1, 0.15) is 43.0 Å². The lowest BCUT2D eigenvalue weighted by molar-refractivity contribution is -0.125. The summed E-state index contributed by atoms with van der Waals surface area (Å²) in [5.74, 6) is 0.983. The van der Waals surface area contributed by atoms with E-state index >= 15 is 0 Å². The van der Waals surface area contributed by atoms with Gasteiger partial charge in [-0.05, 0) is 55.4 Å². The van der Waals surface area contributed by atoms with Crippen molar-refractivity contribution < 1.29 is 19.4 Å². The van der Waals surface area contributed by atoms with Gasteiger partial charge >= 0.3 is 5.97 Å². The van der Waals surface area contributed by atoms with Gasteiger partial charge in [-0.25, -0.2) is 4.79 Å². The first-order chi connectivity index (χ1) is 13.0. The summed E-state index contributed by atoms with van der Waals surface area (Å²) in [6.07, 6.45) is 5.08. The fourth-order valence-corrected chi connectivity index (χ4v) is 4.94. The fourth-order valence-electron chi connectivity index (χ4n) is 4.94. The Hall–Kier alpha value is -2.56. The summed E-state index contributed by atoms with van der Waals surface area (Å²) in [7, 11) is 0. The van der Waals surface area contributed by atoms with Crippen LogP contribution in [0.15, 0.2) is 36.4 Å². The van der Waals surface area contributed by atoms with Gasteiger partial charge in [0.2, 0.25) is 0 Å². The minimum Gasteiger partial charge on any atom is -0.506 e. The maximum atomic E-state index is 12.3. The van der Waals surface area contributed by atoms with Crippen molar-refractivity contribution in [2.24, 2.45) is 17.8 Å². The van der Waals surface area contributed by atoms with E-state index in [0.29, 0.717) is 11.3 Å². The van der Waals surface area contributed by atoms with Gasteiger partial charge in [-0.3, -0.25) is 4.79 Å². The third-order valence-corrected chi connectivity index (χ3v) is 6.28. The molecular formula is C22H25NO4. The molecule has 5 nitrogen and oxygen atoms in total. The maximum absolute atomic E-state index is 12.3. The van der Waals surface area contributed by atoms with Crippen LogP contribution in [0.2, 0.25) is 0 Å². The molecule has 4 atom stereocenters. The van der Waals surface area contributed by atoms with Crippen molar-refractivity contribution in [1.82, 2.24) is 5.32 Å². The quantitative estimate of drug-likeness (QED) is 0.791. The fraction of sp³-hybridized carbons (Fsp3) is 0.455. The molecule has 0 spiro atoms. The van der Waals surface area contributed by atoms with Crippen molar-refractivity contribution in [3.05, 3.63) is 42.0 Å². The van der Waals surface area contributed by atoms with Gasteiger partial charge in [-0.1, -0.05) is 36.8 Å². The number of hydrogen-bond acceptors (Lipinski definition) is 4. The van der Waals surface area contributed by atoms with Crippen molar-refractivity contribution >= 4 is 22.6 Å². The number of esters is 1. The van der Waals surface area contributed by atoms with E-state index in [1.165, 1.54) is 31.7 Å². The minimum absolute atomic E-state index is 0.0719. The second-order valence-electron chi connectivity index (χ2n) is 7.95. The number of hydrogen-bond donors (Lipinski definition) is 2. The van der Waals surface area contributed by atoms with Crippen LogP contribution >= 0.6 is 0 Å². The largest absolute Gasteiger partial charge is 0.506 e. The lowest BCUT2D eigenvalue weighted by atomic mass is 9.84. The predicted molar refractivity (Wildman–Crippen MR) is 102 cm³/mol. The minimum atomic E-state index is -0.694. The van der Waals surface area contributed by atoms with E-state index in [4.69, 9.17) is 4.74 Å². The van der Waals surface area contributed by atoms with Gasteiger partial charge in [0.25, 0.3) is 5.91 Å². The monoisotopic (exact) mass is 367 g/mol. The van der Waals surface area contributed by atoms with Gasteiger partial charge < -0.3 is 15.2 Å². The van der Waals surface area contributed by atoms with E-state index < -0.39 is 5.97 Å². The smallest absolute Gasteiger partial charge is 0.342 e. The summed E-state index contributed by atoms with van der Waals surface area (Å²) >= 11 is 0. The summed E-state index contributed by atoms with van der Waals surface area (Å²) in [6.45, 7) is 1.70. The molecule has 0 radical (unpaired) electrons. The van der Waals surface area contributed by atoms with Crippen LogP contribution in [0.4, 0.5) is 0 Å². The van der Waals surface area contributed by atoms with Crippen molar-refractivity contribution in [3.8, 4) is 5.75 Å². The van der Waals surface area contributed by atoms with Crippen LogP contribution in [0.5, 0.6) is 5.75 Å². The Kier molecular flexibility index (Phi) is 4.77. The molecule has 5 heteroatoms. The molecule has 0 saturated heterocycles. The Morgan fingerprint density at radius 1 is 1.19 bits per heavy atom. The SMILES string of the molecule is CC(NC(=O)COC(=O)c1ccc2ccccc2c1O)C1CC2CCC1C2. The molecule has 2 N–H and O–H groups in total. The number of ether oxygens (including phenoxy) is 1. The highest BCUT2D eigenvalue weighted by Gasteiger charge is 2.42. The number of fused-ring (bicyclic) bond motifs is 3. The van der Waals surface area contributed by atoms with Crippen molar-refractivity contribution in [3.63, 3.8) is 0 Å². The normalized spacial score (nSPS) is 24.7. The lowest BCUT2D eigenvalue weighted by Gasteiger charge is -2.28. The van der Waals surface area contributed by atoms with Crippen LogP contribution < -0.4 is 5.32 Å². The standard InChI is InChI=1S/C22H25NO4/c1-13(19-11-14-6-7-16(19)10-14)23-20(24)12-27-22(26)18-9-8-15-4-2-3-5-17(15)21(18)25/h2-5,8-9,13-14,16,19,25H,6-7,10-12H2,1H3,(H,23,24). The van der Waals surface area contributed by atoms with Crippen molar-refractivity contribution in [1.29, 1.82) is 0 Å². The van der Waals surface area contributed by atoms with E-state index in [0.717, 1.165) is 17.2 Å². The van der Waals surface area contributed by atoms with Crippen LogP contribution in [-0.4, -0.2) is 29.6 Å². The highest BCUT2D eigenvalue weighted by Crippen LogP contribution is 2.49. The average Bonchev–Trinajstić information content (AvgIpc) is 3.30. The van der Waals surface area contributed by atoms with Crippen molar-refractivity contribution in [2.75, 3.05) is 6.61 Å². The second-order valence-corrected chi connectivity index (χ2v) is 7.95. The Morgan fingerprint density at radius 3 is 2.74 bits per heavy atom. The number of phenolic OH excluding ortho intramolecular Hbond substituents is 1. The molecule has 0 aliphatic heterocycles. The highest BCUT2D eigenvalue weighted by atomic mass is 16.5. The summed E-state index contributed by atoms with van der Waals surface area (Å²) in [5.41, 5.74) is 0.0719. The summed E-state index contributed by atoms with van der Waals surface area (Å²) in [6, 6.07) is 10.6. The van der Waals surface area contributed by atoms with E-state index in [9.17, 15) is 14.7 Å². The highest BCUT2D eigenvalue weighted by molar-refractivity contribution is 6.01. The van der Waals surface area contributed by atoms with Gasteiger partial charge in [0.1, 0.15) is 11.3 Å². The number of benzene rings is 2. The molecule has 1 amide bonds. The third-order valence-electron chi connectivity index (χ3n) is 6.28. The van der Waals surface area contributed by atoms with Gasteiger partial charge in [0.05, 0.1) is 0 Å². The molecular weight excluding hydrogens is 342 g/mol. The van der Waals surface area contributed by atoms with E-state index in [-0.39, 0.29) is 29.9 Å². The number of carbonyl (C=O) groups excluding carboxylic acids is 2. The van der Waals surface area contributed by atoms with Gasteiger partial charge in [-0.2, -0.15) is 0 Å². The molecule has 27 heavy (non-hydrogen) atoms. The molecule has 2 aromatic rings. The van der Waals surface area contributed by atoms with Gasteiger partial charge in [0.15, 0.2) is 6.61 Å². The van der Waals surface area contributed by atoms with Crippen LogP contribution in [0.25, 0.3) is 10.8 Å². The van der Waals surface area contributed by atoms with Gasteiger partial charge in [-0.15, -0.1) is 0 Å². The zero-order valence-corrected chi connectivity index (χ0v) is 15.5. The molecule has 2 aliphatic rings. The number of rotatable bonds is 5. The first-order valence-electron chi connectivity index (χ1n) is 9.70. The zero-order valence-electron chi connectivity index (χ0n) is 15.5. The van der Waals surface area contributed by atoms with Crippen LogP contribution in [0.3, 0.4) is 0 Å². The topological polar surface area (TPSA) is 75.6 Å². The second kappa shape index (κ2) is 7.22. The Morgan fingerprint density at radius 2 is 2.00 bits per heavy atom. The molecule has 2 fully saturated rings. The molecule has 2 aromatic carbocycles. The first kappa shape index (κ1) is 17.8. The molecule has 142 valence electrons. The number of nitrogens with one attached hydrogen (secondary N) is 1. The van der Waals surface area contributed by atoms with E-state index in [1.54, 1.807) is 18.2 Å². The zero-order chi connectivity index (χ0) is 19.0. The Bertz CT molecular complexity index is 878. The Labute approximate surface area is 158 Å². The number of carbonyl (C=O) groups is 2. The Balaban J connectivity index is 1.34. The molecule has 4 unspecified atom stereocenters. The number of amides is 1. The molecule has 2 saturated carbocycles. The number of phenols is 1. The van der Waals surface area contributed by atoms with Crippen LogP contribution in [-0.2, 0) is 9.53 Å². The third kappa shape index (κ3) is 3.51. The molecule has 0 aromatic heterocycles. The lowest BCUT2D eigenvalue weighted by Crippen LogP contribution is -2.42. The molecule has 0 heterocycles. The average molecular weight is 367 g/mol. The van der Waals surface area contributed by atoms with E-state index in [2.05, 4.69) is 5.32 Å². The molecule has 4 rings (SSSR count). The predicted octanol–water partition coefficient (Wildman–Crippen LogP) is 3.64. The van der Waals surface area contributed by atoms with Gasteiger partial charge in [0, 0.05) is 11.4 Å². The molecule has 2 aliphatic carbocycles. The maximum Gasteiger partial charge on any atom is 0.342 e. The van der Waals surface area contributed by atoms with E-state index in [1.807, 2.05) is 19.1 Å². The first-order valence-corrected chi connectivity index (χ1v) is 9.70. The van der Waals surface area contributed by atoms with Crippen molar-refractivity contribution in [2.45, 2.75) is 38.6 Å².